The number of urea groups is 1. The number of nitrogens with zero attached hydrogens (tertiary/aromatic N) is 3. The molecule has 0 bridgehead atoms. The number of rotatable bonds is 4. The monoisotopic (exact) mass is 447 g/mol. The molecule has 0 radical (unpaired) electrons. The highest BCUT2D eigenvalue weighted by Gasteiger charge is 2.33. The van der Waals surface area contributed by atoms with Gasteiger partial charge in [-0.15, -0.1) is 11.3 Å². The molecule has 1 fully saturated rings. The van der Waals surface area contributed by atoms with E-state index < -0.39 is 0 Å². The van der Waals surface area contributed by atoms with E-state index in [2.05, 4.69) is 22.2 Å². The minimum Gasteiger partial charge on any atom is -0.347 e. The molecule has 0 spiro atoms. The van der Waals surface area contributed by atoms with Crippen molar-refractivity contribution in [2.75, 3.05) is 23.3 Å². The van der Waals surface area contributed by atoms with E-state index in [-0.39, 0.29) is 23.9 Å². The third kappa shape index (κ3) is 3.40. The largest absolute Gasteiger partial charge is 0.347 e. The van der Waals surface area contributed by atoms with Crippen molar-refractivity contribution in [1.82, 2.24) is 15.2 Å². The first-order chi connectivity index (χ1) is 15.6. The maximum absolute atomic E-state index is 13.2. The summed E-state index contributed by atoms with van der Waals surface area (Å²) < 4.78 is 0. The predicted molar refractivity (Wildman–Crippen MR) is 124 cm³/mol. The van der Waals surface area contributed by atoms with Gasteiger partial charge in [-0.1, -0.05) is 24.8 Å². The summed E-state index contributed by atoms with van der Waals surface area (Å²) in [6.45, 7) is 4.63. The van der Waals surface area contributed by atoms with Crippen molar-refractivity contribution < 1.29 is 14.4 Å². The van der Waals surface area contributed by atoms with E-state index in [0.717, 1.165) is 23.9 Å². The average molecular weight is 448 g/mol. The minimum atomic E-state index is -0.330. The van der Waals surface area contributed by atoms with Gasteiger partial charge in [0.2, 0.25) is 5.91 Å². The molecule has 1 atom stereocenters. The Morgan fingerprint density at radius 2 is 2.06 bits per heavy atom. The van der Waals surface area contributed by atoms with Gasteiger partial charge < -0.3 is 15.5 Å². The fraction of sp³-hybridized carbons (Fsp3) is 0.217. The second-order valence-corrected chi connectivity index (χ2v) is 8.72. The van der Waals surface area contributed by atoms with Gasteiger partial charge in [0.25, 0.3) is 5.91 Å². The second kappa shape index (κ2) is 8.08. The van der Waals surface area contributed by atoms with Crippen molar-refractivity contribution in [1.29, 1.82) is 0 Å². The summed E-state index contributed by atoms with van der Waals surface area (Å²) in [6.07, 6.45) is 4.53. The Morgan fingerprint density at radius 1 is 1.25 bits per heavy atom. The molecule has 0 saturated carbocycles. The molecule has 0 unspecified atom stereocenters. The first kappa shape index (κ1) is 20.2. The van der Waals surface area contributed by atoms with Crippen molar-refractivity contribution in [3.63, 3.8) is 0 Å². The molecular formula is C23H21N5O3S. The molecule has 2 N–H and O–H groups in total. The SMILES string of the molecule is C=CC(=O)N1CCC[C@@H](NC(=O)c2sc3nccc4c3c2NC(=O)N4c2ccccc2)C1. The smallest absolute Gasteiger partial charge is 0.331 e. The van der Waals surface area contributed by atoms with E-state index in [1.54, 1.807) is 22.1 Å². The number of benzene rings is 1. The van der Waals surface area contributed by atoms with Gasteiger partial charge in [-0.2, -0.15) is 0 Å². The number of aromatic nitrogens is 1. The summed E-state index contributed by atoms with van der Waals surface area (Å²) in [5.74, 6) is -0.414. The zero-order valence-electron chi connectivity index (χ0n) is 17.2. The Kier molecular flexibility index (Phi) is 5.10. The van der Waals surface area contributed by atoms with Crippen LogP contribution in [-0.2, 0) is 4.79 Å². The van der Waals surface area contributed by atoms with Crippen molar-refractivity contribution in [3.05, 3.63) is 60.1 Å². The van der Waals surface area contributed by atoms with Crippen LogP contribution in [0.5, 0.6) is 0 Å². The molecule has 32 heavy (non-hydrogen) atoms. The normalized spacial score (nSPS) is 17.8. The van der Waals surface area contributed by atoms with Gasteiger partial charge in [-0.05, 0) is 37.1 Å². The molecule has 0 aliphatic carbocycles. The van der Waals surface area contributed by atoms with Gasteiger partial charge in [-0.3, -0.25) is 14.5 Å². The van der Waals surface area contributed by atoms with Crippen molar-refractivity contribution in [3.8, 4) is 0 Å². The number of amides is 4. The lowest BCUT2D eigenvalue weighted by Gasteiger charge is -2.32. The van der Waals surface area contributed by atoms with Gasteiger partial charge in [0, 0.05) is 25.3 Å². The van der Waals surface area contributed by atoms with Gasteiger partial charge >= 0.3 is 6.03 Å². The van der Waals surface area contributed by atoms with Crippen molar-refractivity contribution in [2.24, 2.45) is 0 Å². The number of thiophene rings is 1. The molecule has 162 valence electrons. The molecule has 4 amide bonds. The Balaban J connectivity index is 1.47. The molecule has 2 aliphatic heterocycles. The summed E-state index contributed by atoms with van der Waals surface area (Å²) in [4.78, 5) is 47.0. The number of piperidine rings is 1. The van der Waals surface area contributed by atoms with Gasteiger partial charge in [0.05, 0.1) is 22.4 Å². The molecule has 8 nitrogen and oxygen atoms in total. The van der Waals surface area contributed by atoms with E-state index in [9.17, 15) is 14.4 Å². The fourth-order valence-corrected chi connectivity index (χ4v) is 5.28. The number of carbonyl (C=O) groups excluding carboxylic acids is 3. The lowest BCUT2D eigenvalue weighted by molar-refractivity contribution is -0.127. The highest BCUT2D eigenvalue weighted by molar-refractivity contribution is 7.21. The molecular weight excluding hydrogens is 426 g/mol. The molecule has 1 aromatic carbocycles. The van der Waals surface area contributed by atoms with Crippen LogP contribution < -0.4 is 15.5 Å². The standard InChI is InChI=1S/C23H21N5O3S/c1-2-17(29)27-12-6-7-14(13-27)25-21(30)20-19-18-16(10-11-24-22(18)32-20)28(23(31)26-19)15-8-4-3-5-9-15/h2-5,8-11,14H,1,6-7,12-13H2,(H,25,30)(H,26,31)/t14-/m1/s1. The number of para-hydroxylation sites is 1. The summed E-state index contributed by atoms with van der Waals surface area (Å²) in [6, 6.07) is 10.6. The van der Waals surface area contributed by atoms with Crippen LogP contribution in [-0.4, -0.2) is 46.9 Å². The Hall–Kier alpha value is -3.72. The van der Waals surface area contributed by atoms with Crippen LogP contribution in [0, 0.1) is 0 Å². The highest BCUT2D eigenvalue weighted by atomic mass is 32.1. The van der Waals surface area contributed by atoms with Crippen LogP contribution in [0.3, 0.4) is 0 Å². The van der Waals surface area contributed by atoms with Gasteiger partial charge in [0.1, 0.15) is 9.71 Å². The molecule has 5 rings (SSSR count). The lowest BCUT2D eigenvalue weighted by Crippen LogP contribution is -2.49. The van der Waals surface area contributed by atoms with E-state index in [0.29, 0.717) is 34.2 Å². The average Bonchev–Trinajstić information content (AvgIpc) is 3.19. The molecule has 1 saturated heterocycles. The molecule has 4 heterocycles. The number of anilines is 3. The Labute approximate surface area is 188 Å². The Morgan fingerprint density at radius 3 is 2.84 bits per heavy atom. The van der Waals surface area contributed by atoms with Crippen LogP contribution in [0.15, 0.2) is 55.3 Å². The maximum Gasteiger partial charge on any atom is 0.331 e. The molecule has 3 aromatic rings. The van der Waals surface area contributed by atoms with E-state index in [1.807, 2.05) is 30.3 Å². The number of pyridine rings is 1. The minimum absolute atomic E-state index is 0.136. The van der Waals surface area contributed by atoms with Crippen LogP contribution in [0.25, 0.3) is 10.2 Å². The summed E-state index contributed by atoms with van der Waals surface area (Å²) in [5.41, 5.74) is 1.91. The number of hydrogen-bond acceptors (Lipinski definition) is 5. The zero-order valence-corrected chi connectivity index (χ0v) is 18.0. The Bertz CT molecular complexity index is 1240. The topological polar surface area (TPSA) is 94.6 Å². The first-order valence-electron chi connectivity index (χ1n) is 10.4. The van der Waals surface area contributed by atoms with Crippen LogP contribution in [0.1, 0.15) is 22.5 Å². The number of nitrogens with one attached hydrogen (secondary N) is 2. The first-order valence-corrected chi connectivity index (χ1v) is 11.2. The third-order valence-electron chi connectivity index (χ3n) is 5.71. The van der Waals surface area contributed by atoms with Crippen molar-refractivity contribution >= 4 is 56.5 Å². The number of hydrogen-bond donors (Lipinski definition) is 2. The molecule has 2 aliphatic rings. The van der Waals surface area contributed by atoms with E-state index >= 15 is 0 Å². The van der Waals surface area contributed by atoms with Gasteiger partial charge in [0.15, 0.2) is 0 Å². The summed E-state index contributed by atoms with van der Waals surface area (Å²) in [7, 11) is 0. The molecule has 2 aromatic heterocycles. The quantitative estimate of drug-likeness (QED) is 0.594. The fourth-order valence-electron chi connectivity index (χ4n) is 4.25. The predicted octanol–water partition coefficient (Wildman–Crippen LogP) is 3.89. The van der Waals surface area contributed by atoms with E-state index in [4.69, 9.17) is 0 Å². The summed E-state index contributed by atoms with van der Waals surface area (Å²) in [5, 5.41) is 6.67. The lowest BCUT2D eigenvalue weighted by atomic mass is 10.1. The van der Waals surface area contributed by atoms with Crippen molar-refractivity contribution in [2.45, 2.75) is 18.9 Å². The summed E-state index contributed by atoms with van der Waals surface area (Å²) >= 11 is 1.25. The number of carbonyl (C=O) groups is 3. The van der Waals surface area contributed by atoms with Crippen LogP contribution >= 0.6 is 11.3 Å². The molecule has 9 heteroatoms. The van der Waals surface area contributed by atoms with E-state index in [1.165, 1.54) is 17.4 Å². The highest BCUT2D eigenvalue weighted by Crippen LogP contribution is 2.45. The number of likely N-dealkylation sites (tertiary alicyclic amines) is 1. The second-order valence-electron chi connectivity index (χ2n) is 7.72. The maximum atomic E-state index is 13.2. The van der Waals surface area contributed by atoms with Crippen LogP contribution in [0.2, 0.25) is 0 Å². The van der Waals surface area contributed by atoms with Crippen LogP contribution in [0.4, 0.5) is 21.9 Å². The zero-order chi connectivity index (χ0) is 22.2. The third-order valence-corrected chi connectivity index (χ3v) is 6.81. The van der Waals surface area contributed by atoms with Gasteiger partial charge in [-0.25, -0.2) is 9.78 Å².